The Bertz CT molecular complexity index is 691. The quantitative estimate of drug-likeness (QED) is 0.698. The number of rotatable bonds is 8. The van der Waals surface area contributed by atoms with Crippen LogP contribution in [0.15, 0.2) is 18.3 Å². The van der Waals surface area contributed by atoms with Gasteiger partial charge in [-0.15, -0.1) is 11.8 Å². The van der Waals surface area contributed by atoms with Crippen molar-refractivity contribution in [1.82, 2.24) is 15.6 Å². The molecule has 2 N–H and O–H groups in total. The molecule has 1 fully saturated rings. The number of amides is 3. The first kappa shape index (κ1) is 19.7. The predicted molar refractivity (Wildman–Crippen MR) is 106 cm³/mol. The Hall–Kier alpha value is -2.09. The Morgan fingerprint density at radius 1 is 1.19 bits per heavy atom. The van der Waals surface area contributed by atoms with E-state index in [-0.39, 0.29) is 23.5 Å². The van der Waals surface area contributed by atoms with Crippen LogP contribution >= 0.6 is 11.8 Å². The molecule has 0 atom stereocenters. The predicted octanol–water partition coefficient (Wildman–Crippen LogP) is 1.27. The summed E-state index contributed by atoms with van der Waals surface area (Å²) in [7, 11) is 0. The highest BCUT2D eigenvalue weighted by Gasteiger charge is 2.24. The number of nitrogens with zero attached hydrogens (tertiary/aromatic N) is 2. The Morgan fingerprint density at radius 3 is 2.78 bits per heavy atom. The third-order valence-electron chi connectivity index (χ3n) is 4.88. The molecule has 0 spiro atoms. The Morgan fingerprint density at radius 2 is 1.96 bits per heavy atom. The summed E-state index contributed by atoms with van der Waals surface area (Å²) in [6.07, 6.45) is 7.34. The molecule has 0 saturated heterocycles. The Balaban J connectivity index is 1.34. The highest BCUT2D eigenvalue weighted by molar-refractivity contribution is 8.00. The molecule has 1 aromatic heterocycles. The van der Waals surface area contributed by atoms with Gasteiger partial charge in [-0.2, -0.15) is 0 Å². The van der Waals surface area contributed by atoms with Gasteiger partial charge in [0.2, 0.25) is 17.7 Å². The van der Waals surface area contributed by atoms with Gasteiger partial charge in [0, 0.05) is 31.7 Å². The second-order valence-electron chi connectivity index (χ2n) is 6.92. The van der Waals surface area contributed by atoms with E-state index >= 15 is 0 Å². The van der Waals surface area contributed by atoms with Crippen molar-refractivity contribution >= 4 is 35.3 Å². The average Bonchev–Trinajstić information content (AvgIpc) is 3.16. The average molecular weight is 391 g/mol. The lowest BCUT2D eigenvalue weighted by Gasteiger charge is -2.28. The molecule has 0 unspecified atom stereocenters. The third kappa shape index (κ3) is 5.69. The van der Waals surface area contributed by atoms with Crippen molar-refractivity contribution < 1.29 is 14.4 Å². The van der Waals surface area contributed by atoms with Crippen LogP contribution in [0.4, 0.5) is 5.82 Å². The Kier molecular flexibility index (Phi) is 7.09. The molecule has 3 rings (SSSR count). The lowest BCUT2D eigenvalue weighted by molar-refractivity contribution is -0.120. The number of thioether (sulfide) groups is 1. The van der Waals surface area contributed by atoms with E-state index in [9.17, 15) is 14.4 Å². The molecule has 1 aromatic rings. The van der Waals surface area contributed by atoms with Gasteiger partial charge >= 0.3 is 0 Å². The largest absolute Gasteiger partial charge is 0.354 e. The first-order valence-corrected chi connectivity index (χ1v) is 10.7. The molecular formula is C19H26N4O3S. The molecule has 1 saturated carbocycles. The molecule has 3 amide bonds. The van der Waals surface area contributed by atoms with Crippen LogP contribution in [0.5, 0.6) is 0 Å². The monoisotopic (exact) mass is 390 g/mol. The summed E-state index contributed by atoms with van der Waals surface area (Å²) >= 11 is 1.31. The van der Waals surface area contributed by atoms with Gasteiger partial charge in [-0.1, -0.05) is 18.9 Å². The fraction of sp³-hybridized carbons (Fsp3) is 0.579. The van der Waals surface area contributed by atoms with Gasteiger partial charge < -0.3 is 10.6 Å². The fourth-order valence-electron chi connectivity index (χ4n) is 3.53. The SMILES string of the molecule is O=C(CSCC(=O)NC1CCCC1)NCCN1C(=O)CCc2cccnc21. The van der Waals surface area contributed by atoms with E-state index < -0.39 is 0 Å². The van der Waals surface area contributed by atoms with E-state index in [0.29, 0.717) is 43.5 Å². The first-order valence-electron chi connectivity index (χ1n) is 9.51. The van der Waals surface area contributed by atoms with Crippen LogP contribution in [0.1, 0.15) is 37.7 Å². The van der Waals surface area contributed by atoms with Crippen LogP contribution in [0.25, 0.3) is 0 Å². The van der Waals surface area contributed by atoms with E-state index in [1.165, 1.54) is 24.6 Å². The minimum atomic E-state index is -0.126. The molecule has 8 heteroatoms. The van der Waals surface area contributed by atoms with Crippen LogP contribution in [0.3, 0.4) is 0 Å². The minimum Gasteiger partial charge on any atom is -0.354 e. The van der Waals surface area contributed by atoms with E-state index in [2.05, 4.69) is 15.6 Å². The third-order valence-corrected chi connectivity index (χ3v) is 5.81. The lowest BCUT2D eigenvalue weighted by atomic mass is 10.1. The van der Waals surface area contributed by atoms with Gasteiger partial charge in [0.05, 0.1) is 11.5 Å². The molecule has 0 bridgehead atoms. The number of nitrogens with one attached hydrogen (secondary N) is 2. The molecule has 146 valence electrons. The number of aromatic nitrogens is 1. The summed E-state index contributed by atoms with van der Waals surface area (Å²) < 4.78 is 0. The molecule has 0 aromatic carbocycles. The van der Waals surface area contributed by atoms with Crippen LogP contribution in [-0.2, 0) is 20.8 Å². The van der Waals surface area contributed by atoms with Gasteiger partial charge in [-0.25, -0.2) is 4.98 Å². The maximum absolute atomic E-state index is 12.1. The highest BCUT2D eigenvalue weighted by Crippen LogP contribution is 2.24. The van der Waals surface area contributed by atoms with Crippen LogP contribution in [0, 0.1) is 0 Å². The number of carbonyl (C=O) groups excluding carboxylic acids is 3. The maximum Gasteiger partial charge on any atom is 0.230 e. The molecule has 1 aliphatic heterocycles. The lowest BCUT2D eigenvalue weighted by Crippen LogP contribution is -2.42. The normalized spacial score (nSPS) is 16.9. The molecule has 27 heavy (non-hydrogen) atoms. The van der Waals surface area contributed by atoms with Crippen molar-refractivity contribution in [3.8, 4) is 0 Å². The van der Waals surface area contributed by atoms with Crippen molar-refractivity contribution in [2.24, 2.45) is 0 Å². The molecule has 7 nitrogen and oxygen atoms in total. The first-order chi connectivity index (χ1) is 13.1. The molecule has 0 radical (unpaired) electrons. The van der Waals surface area contributed by atoms with Crippen LogP contribution in [0.2, 0.25) is 0 Å². The fourth-order valence-corrected chi connectivity index (χ4v) is 4.19. The number of fused-ring (bicyclic) bond motifs is 1. The second kappa shape index (κ2) is 9.73. The number of hydrogen-bond acceptors (Lipinski definition) is 5. The summed E-state index contributed by atoms with van der Waals surface area (Å²) in [4.78, 5) is 41.9. The molecule has 1 aliphatic carbocycles. The number of anilines is 1. The van der Waals surface area contributed by atoms with Gasteiger partial charge in [0.15, 0.2) is 0 Å². The van der Waals surface area contributed by atoms with Crippen molar-refractivity contribution in [3.63, 3.8) is 0 Å². The molecule has 2 heterocycles. The van der Waals surface area contributed by atoms with E-state index in [1.54, 1.807) is 11.1 Å². The molecule has 2 aliphatic rings. The Labute approximate surface area is 163 Å². The van der Waals surface area contributed by atoms with E-state index in [0.717, 1.165) is 18.4 Å². The van der Waals surface area contributed by atoms with Gasteiger partial charge in [-0.05, 0) is 30.9 Å². The highest BCUT2D eigenvalue weighted by atomic mass is 32.2. The second-order valence-corrected chi connectivity index (χ2v) is 7.91. The summed E-state index contributed by atoms with van der Waals surface area (Å²) in [5, 5.41) is 5.83. The summed E-state index contributed by atoms with van der Waals surface area (Å²) in [6.45, 7) is 0.775. The maximum atomic E-state index is 12.1. The summed E-state index contributed by atoms with van der Waals surface area (Å²) in [5.74, 6) is 1.14. The van der Waals surface area contributed by atoms with Gasteiger partial charge in [0.1, 0.15) is 5.82 Å². The topological polar surface area (TPSA) is 91.4 Å². The number of carbonyl (C=O) groups is 3. The van der Waals surface area contributed by atoms with Crippen LogP contribution in [-0.4, -0.2) is 53.3 Å². The van der Waals surface area contributed by atoms with E-state index in [1.807, 2.05) is 12.1 Å². The van der Waals surface area contributed by atoms with Crippen LogP contribution < -0.4 is 15.5 Å². The number of hydrogen-bond donors (Lipinski definition) is 2. The number of pyridine rings is 1. The van der Waals surface area contributed by atoms with Crippen molar-refractivity contribution in [2.45, 2.75) is 44.6 Å². The van der Waals surface area contributed by atoms with Crippen molar-refractivity contribution in [1.29, 1.82) is 0 Å². The van der Waals surface area contributed by atoms with Crippen molar-refractivity contribution in [3.05, 3.63) is 23.9 Å². The van der Waals surface area contributed by atoms with E-state index in [4.69, 9.17) is 0 Å². The smallest absolute Gasteiger partial charge is 0.230 e. The zero-order valence-corrected chi connectivity index (χ0v) is 16.2. The zero-order chi connectivity index (χ0) is 19.1. The van der Waals surface area contributed by atoms with Gasteiger partial charge in [0.25, 0.3) is 0 Å². The number of aryl methyl sites for hydroxylation is 1. The summed E-state index contributed by atoms with van der Waals surface area (Å²) in [5.41, 5.74) is 1.06. The zero-order valence-electron chi connectivity index (χ0n) is 15.4. The summed E-state index contributed by atoms with van der Waals surface area (Å²) in [6, 6.07) is 4.16. The minimum absolute atomic E-state index is 0.00120. The van der Waals surface area contributed by atoms with Crippen molar-refractivity contribution in [2.75, 3.05) is 29.5 Å². The standard InChI is InChI=1S/C19H26N4O3S/c24-16(12-27-13-17(25)22-15-5-1-2-6-15)20-10-11-23-18(26)8-7-14-4-3-9-21-19(14)23/h3-4,9,15H,1-2,5-8,10-13H2,(H,20,24)(H,22,25). The molecular weight excluding hydrogens is 364 g/mol. The van der Waals surface area contributed by atoms with Gasteiger partial charge in [-0.3, -0.25) is 19.3 Å².